The largest absolute Gasteiger partial charge is 0.475 e. The first-order valence-electron chi connectivity index (χ1n) is 14.0. The Morgan fingerprint density at radius 1 is 1.02 bits per heavy atom. The van der Waals surface area contributed by atoms with E-state index in [1.807, 2.05) is 32.0 Å². The molecule has 0 saturated heterocycles. The molecule has 5 rings (SSSR count). The minimum Gasteiger partial charge on any atom is -0.475 e. The maximum atomic E-state index is 14.2. The Balaban J connectivity index is 0.00000442. The van der Waals surface area contributed by atoms with Gasteiger partial charge in [0.2, 0.25) is 11.8 Å². The summed E-state index contributed by atoms with van der Waals surface area (Å²) >= 11 is 0. The van der Waals surface area contributed by atoms with Crippen molar-refractivity contribution in [3.8, 4) is 17.1 Å². The smallest absolute Gasteiger partial charge is 0.264 e. The summed E-state index contributed by atoms with van der Waals surface area (Å²) in [6.45, 7) is 10.6. The first kappa shape index (κ1) is 32.7. The lowest BCUT2D eigenvalue weighted by atomic mass is 9.87. The van der Waals surface area contributed by atoms with Gasteiger partial charge in [0.15, 0.2) is 0 Å². The zero-order valence-corrected chi connectivity index (χ0v) is 27.0. The Kier molecular flexibility index (Phi) is 9.50. The van der Waals surface area contributed by atoms with Crippen LogP contribution in [0.25, 0.3) is 11.3 Å². The number of halogens is 1. The first-order valence-corrected chi connectivity index (χ1v) is 15.5. The molecule has 0 aliphatic carbocycles. The molecule has 4 bridgehead atoms. The molecule has 4 aromatic rings. The Morgan fingerprint density at radius 2 is 1.73 bits per heavy atom. The van der Waals surface area contributed by atoms with Crippen LogP contribution in [0.4, 0.5) is 11.8 Å². The number of aromatic nitrogens is 3. The van der Waals surface area contributed by atoms with Crippen molar-refractivity contribution < 1.29 is 17.9 Å². The number of carbonyl (C=O) groups excluding carboxylic acids is 1. The molecule has 0 unspecified atom stereocenters. The Hall–Kier alpha value is -4.22. The van der Waals surface area contributed by atoms with E-state index in [0.717, 1.165) is 22.3 Å². The minimum atomic E-state index is -4.15. The fourth-order valence-corrected chi connectivity index (χ4v) is 6.33. The van der Waals surface area contributed by atoms with Crippen molar-refractivity contribution in [2.75, 3.05) is 17.1 Å². The van der Waals surface area contributed by atoms with Gasteiger partial charge in [0, 0.05) is 29.9 Å². The van der Waals surface area contributed by atoms with Crippen molar-refractivity contribution in [3.63, 3.8) is 0 Å². The number of nitrogens with zero attached hydrogens (tertiary/aromatic N) is 4. The van der Waals surface area contributed by atoms with Gasteiger partial charge in [0.25, 0.3) is 15.9 Å². The van der Waals surface area contributed by atoms with Crippen molar-refractivity contribution in [1.82, 2.24) is 19.9 Å². The second-order valence-electron chi connectivity index (χ2n) is 12.1. The summed E-state index contributed by atoms with van der Waals surface area (Å²) in [4.78, 5) is 28.9. The highest BCUT2D eigenvalue weighted by Gasteiger charge is 2.31. The van der Waals surface area contributed by atoms with Gasteiger partial charge in [-0.15, -0.1) is 12.4 Å². The fraction of sp³-hybridized carbons (Fsp3) is 0.312. The zero-order valence-electron chi connectivity index (χ0n) is 25.4. The van der Waals surface area contributed by atoms with Gasteiger partial charge < -0.3 is 15.4 Å². The number of hydrogen-bond acceptors (Lipinski definition) is 8. The summed E-state index contributed by atoms with van der Waals surface area (Å²) in [6, 6.07) is 16.7. The lowest BCUT2D eigenvalue weighted by Gasteiger charge is -2.36. The molecule has 3 N–H and O–H groups in total. The van der Waals surface area contributed by atoms with E-state index in [1.165, 1.54) is 12.1 Å². The van der Waals surface area contributed by atoms with Crippen LogP contribution in [0.1, 0.15) is 54.2 Å². The van der Waals surface area contributed by atoms with Crippen molar-refractivity contribution in [1.29, 1.82) is 0 Å². The van der Waals surface area contributed by atoms with Gasteiger partial charge >= 0.3 is 0 Å². The number of benzene rings is 2. The average molecular weight is 637 g/mol. The standard InChI is InChI=1S/C32H36N6O4S.ClH/c1-20-8-6-9-21(2)29(20)26-16-28-36-31(35-26)37-43(40,41)25-11-7-10-23(15-25)30(39)38(18-22-12-13-34-27(33)14-22)24(19-42-28)17-32(3,4)5;/h6-16,24H,17-19H2,1-5H3,(H2,33,34)(H,35,36,37);1H/t24-;/m1./s1. The third-order valence-corrected chi connectivity index (χ3v) is 8.55. The Morgan fingerprint density at radius 3 is 2.41 bits per heavy atom. The molecule has 0 saturated carbocycles. The van der Waals surface area contributed by atoms with E-state index in [0.29, 0.717) is 17.9 Å². The summed E-state index contributed by atoms with van der Waals surface area (Å²) in [6.07, 6.45) is 2.19. The van der Waals surface area contributed by atoms with Gasteiger partial charge in [-0.25, -0.2) is 23.1 Å². The normalized spacial score (nSPS) is 16.3. The fourth-order valence-electron chi connectivity index (χ4n) is 5.34. The molecule has 0 radical (unpaired) electrons. The number of pyridine rings is 1. The molecule has 3 heterocycles. The molecule has 1 aliphatic rings. The molecule has 1 amide bonds. The molecular weight excluding hydrogens is 600 g/mol. The highest BCUT2D eigenvalue weighted by atomic mass is 35.5. The number of amides is 1. The second-order valence-corrected chi connectivity index (χ2v) is 13.7. The molecule has 2 aromatic carbocycles. The van der Waals surface area contributed by atoms with Crippen molar-refractivity contribution in [2.45, 2.75) is 58.5 Å². The second kappa shape index (κ2) is 12.8. The van der Waals surface area contributed by atoms with Crippen LogP contribution in [0.2, 0.25) is 0 Å². The van der Waals surface area contributed by atoms with E-state index >= 15 is 0 Å². The molecule has 44 heavy (non-hydrogen) atoms. The quantitative estimate of drug-likeness (QED) is 0.286. The highest BCUT2D eigenvalue weighted by Crippen LogP contribution is 2.31. The number of aryl methyl sites for hydroxylation is 2. The van der Waals surface area contributed by atoms with Crippen LogP contribution in [0.15, 0.2) is 71.8 Å². The number of carbonyl (C=O) groups is 1. The van der Waals surface area contributed by atoms with Gasteiger partial charge in [-0.2, -0.15) is 4.98 Å². The summed E-state index contributed by atoms with van der Waals surface area (Å²) in [5.41, 5.74) is 10.1. The lowest BCUT2D eigenvalue weighted by Crippen LogP contribution is -2.45. The maximum Gasteiger partial charge on any atom is 0.264 e. The van der Waals surface area contributed by atoms with Crippen LogP contribution in [-0.4, -0.2) is 46.8 Å². The number of fused-ring (bicyclic) bond motifs is 4. The van der Waals surface area contributed by atoms with Crippen LogP contribution in [-0.2, 0) is 16.6 Å². The van der Waals surface area contributed by atoms with E-state index in [4.69, 9.17) is 10.5 Å². The molecule has 0 fully saturated rings. The molecule has 10 nitrogen and oxygen atoms in total. The molecular formula is C32H37ClN6O4S. The Bertz CT molecular complexity index is 1770. The number of sulfonamides is 1. The molecule has 0 spiro atoms. The van der Waals surface area contributed by atoms with Gasteiger partial charge in [0.1, 0.15) is 12.4 Å². The summed E-state index contributed by atoms with van der Waals surface area (Å²) in [5, 5.41) is 0. The third kappa shape index (κ3) is 7.46. The summed E-state index contributed by atoms with van der Waals surface area (Å²) in [5.74, 6) is 0.0723. The van der Waals surface area contributed by atoms with Crippen molar-refractivity contribution >= 4 is 40.1 Å². The predicted octanol–water partition coefficient (Wildman–Crippen LogP) is 5.80. The number of hydrogen-bond donors (Lipinski definition) is 2. The van der Waals surface area contributed by atoms with Crippen LogP contribution >= 0.6 is 12.4 Å². The summed E-state index contributed by atoms with van der Waals surface area (Å²) < 4.78 is 35.9. The van der Waals surface area contributed by atoms with Crippen LogP contribution < -0.4 is 15.2 Å². The van der Waals surface area contributed by atoms with Gasteiger partial charge in [-0.1, -0.05) is 45.0 Å². The van der Waals surface area contributed by atoms with Crippen LogP contribution in [0, 0.1) is 19.3 Å². The third-order valence-electron chi connectivity index (χ3n) is 7.23. The lowest BCUT2D eigenvalue weighted by molar-refractivity contribution is 0.0513. The van der Waals surface area contributed by atoms with Gasteiger partial charge in [0.05, 0.1) is 16.6 Å². The maximum absolute atomic E-state index is 14.2. The van der Waals surface area contributed by atoms with Crippen molar-refractivity contribution in [2.24, 2.45) is 5.41 Å². The number of nitrogens with one attached hydrogen (secondary N) is 1. The number of nitrogen functional groups attached to an aromatic ring is 1. The van der Waals surface area contributed by atoms with E-state index in [1.54, 1.807) is 41.4 Å². The van der Waals surface area contributed by atoms with E-state index in [-0.39, 0.29) is 59.2 Å². The van der Waals surface area contributed by atoms with Crippen molar-refractivity contribution in [3.05, 3.63) is 89.1 Å². The number of nitrogens with two attached hydrogens (primary N) is 1. The molecule has 12 heteroatoms. The van der Waals surface area contributed by atoms with E-state index < -0.39 is 16.1 Å². The topological polar surface area (TPSA) is 140 Å². The van der Waals surface area contributed by atoms with Crippen LogP contribution in [0.5, 0.6) is 5.88 Å². The first-order chi connectivity index (χ1) is 20.3. The summed E-state index contributed by atoms with van der Waals surface area (Å²) in [7, 11) is -4.15. The minimum absolute atomic E-state index is 0. The Labute approximate surface area is 264 Å². The molecule has 1 aliphatic heterocycles. The SMILES string of the molecule is Cc1cccc(C)c1-c1cc2nc(n1)NS(=O)(=O)c1cccc(c1)C(=O)N(Cc1ccnc(N)c1)[C@H](CC(C)(C)C)CO2.Cl. The van der Waals surface area contributed by atoms with E-state index in [9.17, 15) is 13.2 Å². The number of anilines is 2. The van der Waals surface area contributed by atoms with Gasteiger partial charge in [-0.05, 0) is 72.7 Å². The number of rotatable bonds is 4. The average Bonchev–Trinajstić information content (AvgIpc) is 2.92. The molecule has 2 aromatic heterocycles. The molecule has 1 atom stereocenters. The molecule has 232 valence electrons. The van der Waals surface area contributed by atoms with Crippen LogP contribution in [0.3, 0.4) is 0 Å². The predicted molar refractivity (Wildman–Crippen MR) is 173 cm³/mol. The number of ether oxygens (including phenoxy) is 1. The van der Waals surface area contributed by atoms with E-state index in [2.05, 4.69) is 40.4 Å². The monoisotopic (exact) mass is 636 g/mol. The highest BCUT2D eigenvalue weighted by molar-refractivity contribution is 7.92. The van der Waals surface area contributed by atoms with Gasteiger partial charge in [-0.3, -0.25) is 4.79 Å². The zero-order chi connectivity index (χ0) is 30.9.